The first kappa shape index (κ1) is 19.9. The molecule has 3 N–H and O–H groups in total. The number of benzene rings is 2. The van der Waals surface area contributed by atoms with Crippen LogP contribution in [0.15, 0.2) is 47.4 Å². The Kier molecular flexibility index (Phi) is 6.76. The second kappa shape index (κ2) is 8.82. The quantitative estimate of drug-likeness (QED) is 0.436. The molecule has 0 heterocycles. The van der Waals surface area contributed by atoms with Crippen molar-refractivity contribution >= 4 is 23.4 Å². The summed E-state index contributed by atoms with van der Waals surface area (Å²) in [5.74, 6) is -0.0638. The molecule has 2 aromatic rings. The smallest absolute Gasteiger partial charge is 0.282 e. The van der Waals surface area contributed by atoms with Gasteiger partial charge in [-0.3, -0.25) is 14.9 Å². The summed E-state index contributed by atoms with van der Waals surface area (Å²) in [6, 6.07) is 12.1. The Bertz CT molecular complexity index is 791. The predicted octanol–water partition coefficient (Wildman–Crippen LogP) is 3.87. The third-order valence-corrected chi connectivity index (χ3v) is 4.88. The molecule has 1 amide bonds. The molecule has 1 atom stereocenters. The van der Waals surface area contributed by atoms with Gasteiger partial charge in [-0.15, -0.1) is 11.8 Å². The minimum absolute atomic E-state index is 0.0456. The van der Waals surface area contributed by atoms with E-state index in [1.807, 2.05) is 30.5 Å². The standard InChI is InChI=1S/C19H23N3O3S/c1-12(2)13-4-6-14(7-5-13)17(20)11-21-19(23)16-10-15(26-3)8-9-18(16)22(24)25/h4-10,12,17H,11,20H2,1-3H3,(H,21,23). The number of nitro benzene ring substituents is 1. The van der Waals surface area contributed by atoms with Crippen LogP contribution in [0.1, 0.15) is 47.3 Å². The van der Waals surface area contributed by atoms with E-state index < -0.39 is 10.8 Å². The molecule has 6 nitrogen and oxygen atoms in total. The van der Waals surface area contributed by atoms with Gasteiger partial charge in [-0.2, -0.15) is 0 Å². The Balaban J connectivity index is 2.09. The molecule has 138 valence electrons. The van der Waals surface area contributed by atoms with Crippen LogP contribution in [-0.2, 0) is 0 Å². The summed E-state index contributed by atoms with van der Waals surface area (Å²) in [5, 5.41) is 13.9. The van der Waals surface area contributed by atoms with Crippen LogP contribution in [0.2, 0.25) is 0 Å². The third kappa shape index (κ3) is 4.83. The summed E-state index contributed by atoms with van der Waals surface area (Å²) < 4.78 is 0. The molecular formula is C19H23N3O3S. The highest BCUT2D eigenvalue weighted by Gasteiger charge is 2.21. The highest BCUT2D eigenvalue weighted by atomic mass is 32.2. The number of amides is 1. The van der Waals surface area contributed by atoms with E-state index in [2.05, 4.69) is 19.2 Å². The van der Waals surface area contributed by atoms with Gasteiger partial charge >= 0.3 is 0 Å². The first-order valence-electron chi connectivity index (χ1n) is 8.29. The maximum atomic E-state index is 12.4. The van der Waals surface area contributed by atoms with Crippen molar-refractivity contribution in [2.24, 2.45) is 5.73 Å². The number of rotatable bonds is 7. The fourth-order valence-corrected chi connectivity index (χ4v) is 2.97. The van der Waals surface area contributed by atoms with Crippen molar-refractivity contribution in [1.29, 1.82) is 0 Å². The number of nitrogens with zero attached hydrogens (tertiary/aromatic N) is 1. The number of nitrogens with one attached hydrogen (secondary N) is 1. The first-order chi connectivity index (χ1) is 12.3. The monoisotopic (exact) mass is 373 g/mol. The molecule has 0 aliphatic heterocycles. The van der Waals surface area contributed by atoms with Crippen molar-refractivity contribution in [1.82, 2.24) is 5.32 Å². The number of hydrogen-bond acceptors (Lipinski definition) is 5. The average molecular weight is 373 g/mol. The molecule has 0 radical (unpaired) electrons. The van der Waals surface area contributed by atoms with Crippen LogP contribution in [-0.4, -0.2) is 23.6 Å². The fraction of sp³-hybridized carbons (Fsp3) is 0.316. The molecule has 0 fully saturated rings. The van der Waals surface area contributed by atoms with Crippen molar-refractivity contribution in [3.8, 4) is 0 Å². The lowest BCUT2D eigenvalue weighted by Gasteiger charge is -2.15. The Morgan fingerprint density at radius 3 is 2.35 bits per heavy atom. The maximum absolute atomic E-state index is 12.4. The number of nitro groups is 1. The zero-order valence-electron chi connectivity index (χ0n) is 15.1. The van der Waals surface area contributed by atoms with E-state index in [0.29, 0.717) is 5.92 Å². The van der Waals surface area contributed by atoms with Crippen LogP contribution in [0, 0.1) is 10.1 Å². The van der Waals surface area contributed by atoms with E-state index in [-0.39, 0.29) is 23.8 Å². The molecule has 2 rings (SSSR count). The van der Waals surface area contributed by atoms with Gasteiger partial charge in [0.15, 0.2) is 0 Å². The molecule has 0 spiro atoms. The summed E-state index contributed by atoms with van der Waals surface area (Å²) in [5.41, 5.74) is 8.10. The molecular weight excluding hydrogens is 350 g/mol. The minimum Gasteiger partial charge on any atom is -0.350 e. The van der Waals surface area contributed by atoms with E-state index in [9.17, 15) is 14.9 Å². The van der Waals surface area contributed by atoms with E-state index in [4.69, 9.17) is 5.73 Å². The molecule has 0 aromatic heterocycles. The molecule has 0 bridgehead atoms. The SMILES string of the molecule is CSc1ccc([N+](=O)[O-])c(C(=O)NCC(N)c2ccc(C(C)C)cc2)c1. The summed E-state index contributed by atoms with van der Waals surface area (Å²) >= 11 is 1.42. The highest BCUT2D eigenvalue weighted by Crippen LogP contribution is 2.25. The first-order valence-corrected chi connectivity index (χ1v) is 9.52. The highest BCUT2D eigenvalue weighted by molar-refractivity contribution is 7.98. The third-order valence-electron chi connectivity index (χ3n) is 4.16. The van der Waals surface area contributed by atoms with Gasteiger partial charge in [0.05, 0.1) is 4.92 Å². The van der Waals surface area contributed by atoms with Gasteiger partial charge in [-0.25, -0.2) is 0 Å². The van der Waals surface area contributed by atoms with Crippen LogP contribution >= 0.6 is 11.8 Å². The Morgan fingerprint density at radius 1 is 1.19 bits per heavy atom. The summed E-state index contributed by atoms with van der Waals surface area (Å²) in [4.78, 5) is 23.8. The van der Waals surface area contributed by atoms with Gasteiger partial charge in [0, 0.05) is 23.5 Å². The Hall–Kier alpha value is -2.38. The second-order valence-electron chi connectivity index (χ2n) is 6.28. The lowest BCUT2D eigenvalue weighted by atomic mass is 9.99. The molecule has 0 aliphatic rings. The van der Waals surface area contributed by atoms with Gasteiger partial charge in [-0.1, -0.05) is 38.1 Å². The predicted molar refractivity (Wildman–Crippen MR) is 105 cm³/mol. The van der Waals surface area contributed by atoms with Crippen molar-refractivity contribution in [3.63, 3.8) is 0 Å². The van der Waals surface area contributed by atoms with Crippen LogP contribution < -0.4 is 11.1 Å². The molecule has 7 heteroatoms. The molecule has 26 heavy (non-hydrogen) atoms. The largest absolute Gasteiger partial charge is 0.350 e. The lowest BCUT2D eigenvalue weighted by Crippen LogP contribution is -2.32. The van der Waals surface area contributed by atoms with Crippen molar-refractivity contribution in [3.05, 3.63) is 69.3 Å². The summed E-state index contributed by atoms with van der Waals surface area (Å²) in [6.45, 7) is 4.43. The Morgan fingerprint density at radius 2 is 1.81 bits per heavy atom. The second-order valence-corrected chi connectivity index (χ2v) is 7.16. The molecule has 0 saturated carbocycles. The normalized spacial score (nSPS) is 12.0. The van der Waals surface area contributed by atoms with Gasteiger partial charge in [0.25, 0.3) is 11.6 Å². The number of nitrogens with two attached hydrogens (primary N) is 1. The Labute approximate surface area is 157 Å². The minimum atomic E-state index is -0.552. The molecule has 2 aromatic carbocycles. The summed E-state index contributed by atoms with van der Waals surface area (Å²) in [6.07, 6.45) is 1.85. The van der Waals surface area contributed by atoms with E-state index in [0.717, 1.165) is 10.5 Å². The van der Waals surface area contributed by atoms with Crippen molar-refractivity contribution in [2.75, 3.05) is 12.8 Å². The van der Waals surface area contributed by atoms with Crippen molar-refractivity contribution in [2.45, 2.75) is 30.7 Å². The van der Waals surface area contributed by atoms with Gasteiger partial charge in [-0.05, 0) is 35.4 Å². The van der Waals surface area contributed by atoms with Crippen LogP contribution in [0.5, 0.6) is 0 Å². The summed E-state index contributed by atoms with van der Waals surface area (Å²) in [7, 11) is 0. The average Bonchev–Trinajstić information content (AvgIpc) is 2.65. The molecule has 1 unspecified atom stereocenters. The lowest BCUT2D eigenvalue weighted by molar-refractivity contribution is -0.385. The number of thioether (sulfide) groups is 1. The zero-order chi connectivity index (χ0) is 19.3. The van der Waals surface area contributed by atoms with Crippen LogP contribution in [0.3, 0.4) is 0 Å². The number of carbonyl (C=O) groups is 1. The van der Waals surface area contributed by atoms with Gasteiger partial charge in [0.2, 0.25) is 0 Å². The van der Waals surface area contributed by atoms with Gasteiger partial charge < -0.3 is 11.1 Å². The van der Waals surface area contributed by atoms with Crippen molar-refractivity contribution < 1.29 is 9.72 Å². The van der Waals surface area contributed by atoms with Gasteiger partial charge in [0.1, 0.15) is 5.56 Å². The fourth-order valence-electron chi connectivity index (χ4n) is 2.53. The van der Waals surface area contributed by atoms with E-state index in [1.165, 1.54) is 29.5 Å². The van der Waals surface area contributed by atoms with Crippen LogP contribution in [0.25, 0.3) is 0 Å². The number of carbonyl (C=O) groups excluding carboxylic acids is 1. The van der Waals surface area contributed by atoms with E-state index >= 15 is 0 Å². The zero-order valence-corrected chi connectivity index (χ0v) is 15.9. The topological polar surface area (TPSA) is 98.3 Å². The molecule has 0 saturated heterocycles. The van der Waals surface area contributed by atoms with E-state index in [1.54, 1.807) is 6.07 Å². The number of hydrogen-bond donors (Lipinski definition) is 2. The molecule has 0 aliphatic carbocycles. The maximum Gasteiger partial charge on any atom is 0.282 e. The van der Waals surface area contributed by atoms with Crippen LogP contribution in [0.4, 0.5) is 5.69 Å².